The maximum atomic E-state index is 7.21. The van der Waals surface area contributed by atoms with E-state index >= 15 is 0 Å². The second-order valence-corrected chi connectivity index (χ2v) is 23.8. The summed E-state index contributed by atoms with van der Waals surface area (Å²) < 4.78 is 10.5. The van der Waals surface area contributed by atoms with E-state index in [1.54, 1.807) is 0 Å². The monoisotopic (exact) mass is 1130 g/mol. The van der Waals surface area contributed by atoms with Crippen LogP contribution < -0.4 is 13.9 Å². The first-order valence-electron chi connectivity index (χ1n) is 25.5. The number of hydrogen-bond acceptors (Lipinski definition) is 2. The number of ether oxygens (including phenoxy) is 1. The van der Waals surface area contributed by atoms with Gasteiger partial charge in [0.05, 0.1) is 5.69 Å². The minimum atomic E-state index is -0.0804. The van der Waals surface area contributed by atoms with Crippen molar-refractivity contribution >= 4 is 44.6 Å². The molecule has 4 heterocycles. The zero-order valence-electron chi connectivity index (χ0n) is 44.2. The van der Waals surface area contributed by atoms with E-state index in [0.717, 1.165) is 38.9 Å². The van der Waals surface area contributed by atoms with Crippen molar-refractivity contribution in [2.75, 3.05) is 0 Å². The van der Waals surface area contributed by atoms with Crippen molar-refractivity contribution in [3.05, 3.63) is 198 Å². The van der Waals surface area contributed by atoms with Crippen molar-refractivity contribution in [3.8, 4) is 39.6 Å². The van der Waals surface area contributed by atoms with Gasteiger partial charge in [-0.1, -0.05) is 187 Å². The SMILES string of the molecule is CC(C)c1cccc(C(C)C)c1-c1cc(Oc2[c-]c3c(cc2)c2ccccc2n3-c2cc(C(C)(C)C)ccn2)[c-]c([N+]23[CH-][N@+]2(c2cc(-c4ccccc4)cc(C(C)(C)C)c2)c2ccc(C(C)(C)C)cc23)c1.[Pt]. The molecule has 72 heavy (non-hydrogen) atoms. The van der Waals surface area contributed by atoms with Crippen LogP contribution in [0.25, 0.3) is 49.9 Å². The van der Waals surface area contributed by atoms with E-state index in [4.69, 9.17) is 9.72 Å². The molecule has 0 N–H and O–H groups in total. The van der Waals surface area contributed by atoms with Crippen LogP contribution in [0.1, 0.15) is 130 Å². The maximum Gasteiger partial charge on any atom is 0.225 e. The van der Waals surface area contributed by atoms with Gasteiger partial charge in [-0.15, -0.1) is 29.1 Å². The molecule has 9 aromatic rings. The molecule has 368 valence electrons. The van der Waals surface area contributed by atoms with Crippen molar-refractivity contribution in [2.24, 2.45) is 0 Å². The van der Waals surface area contributed by atoms with Gasteiger partial charge in [-0.25, -0.2) is 9.58 Å². The molecule has 5 nitrogen and oxygen atoms in total. The summed E-state index contributed by atoms with van der Waals surface area (Å²) in [6.45, 7) is 32.3. The van der Waals surface area contributed by atoms with Crippen LogP contribution in [0.5, 0.6) is 11.5 Å². The number of hydrogen-bond donors (Lipinski definition) is 0. The average Bonchev–Trinajstić information content (AvgIpc) is 3.83. The summed E-state index contributed by atoms with van der Waals surface area (Å²) in [5, 5.41) is 2.25. The Labute approximate surface area is 442 Å². The van der Waals surface area contributed by atoms with Crippen molar-refractivity contribution < 1.29 is 25.8 Å². The van der Waals surface area contributed by atoms with Gasteiger partial charge in [-0.3, -0.25) is 0 Å². The van der Waals surface area contributed by atoms with Gasteiger partial charge < -0.3 is 9.30 Å². The number of rotatable bonds is 9. The molecule has 2 aliphatic rings. The molecule has 1 saturated heterocycles. The summed E-state index contributed by atoms with van der Waals surface area (Å²) >= 11 is 0. The number of benzene rings is 7. The predicted octanol–water partition coefficient (Wildman–Crippen LogP) is 18.4. The normalized spacial score (nSPS) is 17.4. The Kier molecular flexibility index (Phi) is 12.1. The fourth-order valence-electron chi connectivity index (χ4n) is 11.1. The van der Waals surface area contributed by atoms with Gasteiger partial charge in [0.15, 0.2) is 12.4 Å². The van der Waals surface area contributed by atoms with Gasteiger partial charge in [0.2, 0.25) is 11.4 Å². The fraction of sp³-hybridized carbons (Fsp3) is 0.273. The standard InChI is InChI=1S/C66H67N4O.Pt/c1-42(2)54-23-19-24-55(43(3)4)63(54)46-34-51(39-53(35-46)71-52-27-28-57-56-22-17-18-25-58(56)68(59(57)40-52)62-38-48(30-31-67-62)65(8,9)10)70-41-69(70,60-29-26-47(37-61(60)70)64(5,6)7)50-33-45(44-20-15-14-16-21-44)32-49(36-50)66(11,12)13;/h14-38,41-43H,1-13H3;/q-1;/t69-,70?;/m0./s1. The quantitative estimate of drug-likeness (QED) is 0.0818. The number of pyridine rings is 1. The number of para-hydroxylation sites is 1. The van der Waals surface area contributed by atoms with Crippen LogP contribution in [0.3, 0.4) is 0 Å². The van der Waals surface area contributed by atoms with Crippen LogP contribution in [0.2, 0.25) is 0 Å². The zero-order valence-corrected chi connectivity index (χ0v) is 46.5. The molecule has 0 bridgehead atoms. The second-order valence-electron chi connectivity index (χ2n) is 23.8. The van der Waals surface area contributed by atoms with Crippen molar-refractivity contribution in [2.45, 2.75) is 118 Å². The molecule has 2 atom stereocenters. The van der Waals surface area contributed by atoms with E-state index in [-0.39, 0.29) is 37.3 Å². The molecule has 6 heteroatoms. The van der Waals surface area contributed by atoms with Gasteiger partial charge >= 0.3 is 0 Å². The molecule has 0 spiro atoms. The first-order chi connectivity index (χ1) is 33.7. The molecule has 0 radical (unpaired) electrons. The van der Waals surface area contributed by atoms with E-state index in [9.17, 15) is 0 Å². The average molecular weight is 1130 g/mol. The third kappa shape index (κ3) is 7.99. The Morgan fingerprint density at radius 3 is 1.88 bits per heavy atom. The van der Waals surface area contributed by atoms with Crippen LogP contribution >= 0.6 is 0 Å². The van der Waals surface area contributed by atoms with E-state index in [2.05, 4.69) is 259 Å². The molecule has 11 rings (SSSR count). The fourth-order valence-corrected chi connectivity index (χ4v) is 11.1. The van der Waals surface area contributed by atoms with Crippen LogP contribution in [-0.2, 0) is 37.3 Å². The Morgan fingerprint density at radius 1 is 0.528 bits per heavy atom. The smallest absolute Gasteiger partial charge is 0.225 e. The van der Waals surface area contributed by atoms with Gasteiger partial charge in [0.25, 0.3) is 0 Å². The van der Waals surface area contributed by atoms with Crippen LogP contribution in [-0.4, -0.2) is 9.55 Å². The van der Waals surface area contributed by atoms with Gasteiger partial charge in [0.1, 0.15) is 5.82 Å². The molecule has 2 aromatic heterocycles. The molecule has 0 aliphatic carbocycles. The first-order valence-corrected chi connectivity index (χ1v) is 25.5. The molecule has 7 aromatic carbocycles. The molecule has 2 aliphatic heterocycles. The van der Waals surface area contributed by atoms with E-state index in [0.29, 0.717) is 32.5 Å². The molecule has 0 amide bonds. The Bertz CT molecular complexity index is 3540. The number of aromatic nitrogens is 2. The Hall–Kier alpha value is -6.10. The summed E-state index contributed by atoms with van der Waals surface area (Å²) in [6, 6.07) is 61.6. The van der Waals surface area contributed by atoms with E-state index < -0.39 is 0 Å². The van der Waals surface area contributed by atoms with Crippen molar-refractivity contribution in [1.29, 1.82) is 0 Å². The topological polar surface area (TPSA) is 27.1 Å². The summed E-state index contributed by atoms with van der Waals surface area (Å²) in [5.41, 5.74) is 17.9. The first kappa shape index (κ1) is 49.5. The summed E-state index contributed by atoms with van der Waals surface area (Å²) in [4.78, 5) is 4.96. The van der Waals surface area contributed by atoms with Crippen molar-refractivity contribution in [1.82, 2.24) is 18.7 Å². The van der Waals surface area contributed by atoms with Gasteiger partial charge in [-0.2, -0.15) is 10.7 Å². The third-order valence-electron chi connectivity index (χ3n) is 15.1. The van der Waals surface area contributed by atoms with Crippen molar-refractivity contribution in [3.63, 3.8) is 0 Å². The minimum absolute atomic E-state index is 0. The van der Waals surface area contributed by atoms with Gasteiger partial charge in [-0.05, 0) is 96.2 Å². The second kappa shape index (κ2) is 17.5. The molecule has 0 saturated carbocycles. The Balaban J connectivity index is 0.00000596. The molecular formula is C66H67N4OPt-. The van der Waals surface area contributed by atoms with E-state index in [1.807, 2.05) is 6.20 Å². The molecular weight excluding hydrogens is 1060 g/mol. The van der Waals surface area contributed by atoms with Crippen LogP contribution in [0.15, 0.2) is 152 Å². The number of fused-ring (bicyclic) bond motifs is 7. The summed E-state index contributed by atoms with van der Waals surface area (Å²) in [7, 11) is 0. The number of quaternary nitrogens is 2. The summed E-state index contributed by atoms with van der Waals surface area (Å²) in [6.07, 6.45) is 1.93. The predicted molar refractivity (Wildman–Crippen MR) is 298 cm³/mol. The molecule has 1 fully saturated rings. The van der Waals surface area contributed by atoms with Crippen LogP contribution in [0.4, 0.5) is 22.7 Å². The number of nitrogens with zero attached hydrogens (tertiary/aromatic N) is 4. The minimum Gasteiger partial charge on any atom is -0.509 e. The third-order valence-corrected chi connectivity index (χ3v) is 15.1. The zero-order chi connectivity index (χ0) is 50.0. The maximum absolute atomic E-state index is 7.21. The van der Waals surface area contributed by atoms with E-state index in [1.165, 1.54) is 61.6 Å². The largest absolute Gasteiger partial charge is 0.509 e. The van der Waals surface area contributed by atoms with Gasteiger partial charge in [0, 0.05) is 68.5 Å². The summed E-state index contributed by atoms with van der Waals surface area (Å²) in [5.74, 6) is 2.73. The van der Waals surface area contributed by atoms with Crippen LogP contribution in [0, 0.1) is 18.8 Å². The Morgan fingerprint density at radius 2 is 1.19 bits per heavy atom. The molecule has 1 unspecified atom stereocenters.